The second kappa shape index (κ2) is 6.62. The van der Waals surface area contributed by atoms with Crippen molar-refractivity contribution in [2.45, 2.75) is 38.5 Å². The van der Waals surface area contributed by atoms with Crippen molar-refractivity contribution in [3.63, 3.8) is 0 Å². The van der Waals surface area contributed by atoms with E-state index in [-0.39, 0.29) is 12.1 Å². The molecule has 1 aliphatic carbocycles. The standard InChI is InChI=1S/C16H22N4O2/c1-11(2)19-14-13(20-15(17)21)5-4-8-16(14,3)22-12-6-9-18-10-7-12/h4-11,14,19H,1-3H3,(H3,17,20,21). The number of hydrogen-bond donors (Lipinski definition) is 3. The van der Waals surface area contributed by atoms with E-state index in [2.05, 4.69) is 15.6 Å². The van der Waals surface area contributed by atoms with Crippen molar-refractivity contribution >= 4 is 6.03 Å². The van der Waals surface area contributed by atoms with Crippen LogP contribution < -0.4 is 21.1 Å². The zero-order valence-electron chi connectivity index (χ0n) is 13.0. The van der Waals surface area contributed by atoms with Crippen molar-refractivity contribution in [1.82, 2.24) is 15.6 Å². The Kier molecular flexibility index (Phi) is 4.82. The minimum Gasteiger partial charge on any atom is -0.481 e. The van der Waals surface area contributed by atoms with Crippen LogP contribution in [-0.4, -0.2) is 28.7 Å². The Morgan fingerprint density at radius 2 is 2.09 bits per heavy atom. The van der Waals surface area contributed by atoms with Crippen LogP contribution in [0.4, 0.5) is 4.79 Å². The molecule has 1 heterocycles. The number of allylic oxidation sites excluding steroid dienone is 2. The molecule has 6 nitrogen and oxygen atoms in total. The molecule has 118 valence electrons. The van der Waals surface area contributed by atoms with E-state index < -0.39 is 11.6 Å². The van der Waals surface area contributed by atoms with Crippen LogP contribution in [0.2, 0.25) is 0 Å². The normalized spacial score (nSPS) is 24.0. The first-order valence-electron chi connectivity index (χ1n) is 7.21. The van der Waals surface area contributed by atoms with E-state index in [9.17, 15) is 4.79 Å². The SMILES string of the molecule is CC(C)NC1C(NC(N)=O)=CC=CC1(C)Oc1ccncc1. The number of ether oxygens (including phenoxy) is 1. The van der Waals surface area contributed by atoms with Gasteiger partial charge in [0.15, 0.2) is 0 Å². The summed E-state index contributed by atoms with van der Waals surface area (Å²) in [4.78, 5) is 15.2. The Hall–Kier alpha value is -2.34. The number of amides is 2. The van der Waals surface area contributed by atoms with Crippen molar-refractivity contribution in [2.24, 2.45) is 5.73 Å². The fourth-order valence-electron chi connectivity index (χ4n) is 2.44. The molecule has 0 aliphatic heterocycles. The van der Waals surface area contributed by atoms with Crippen LogP contribution in [0.15, 0.2) is 48.5 Å². The summed E-state index contributed by atoms with van der Waals surface area (Å²) in [5.74, 6) is 0.707. The molecule has 0 aromatic carbocycles. The Labute approximate surface area is 130 Å². The Bertz CT molecular complexity index is 583. The van der Waals surface area contributed by atoms with Gasteiger partial charge < -0.3 is 21.1 Å². The van der Waals surface area contributed by atoms with Gasteiger partial charge in [-0.25, -0.2) is 4.79 Å². The predicted molar refractivity (Wildman–Crippen MR) is 85.3 cm³/mol. The summed E-state index contributed by atoms with van der Waals surface area (Å²) in [6, 6.07) is 2.97. The van der Waals surface area contributed by atoms with Crippen LogP contribution in [0.5, 0.6) is 5.75 Å². The topological polar surface area (TPSA) is 89.3 Å². The van der Waals surface area contributed by atoms with Crippen LogP contribution in [0.1, 0.15) is 20.8 Å². The number of primary amides is 1. The van der Waals surface area contributed by atoms with Crippen LogP contribution >= 0.6 is 0 Å². The van der Waals surface area contributed by atoms with Crippen LogP contribution in [0, 0.1) is 0 Å². The summed E-state index contributed by atoms with van der Waals surface area (Å²) < 4.78 is 6.15. The van der Waals surface area contributed by atoms with E-state index >= 15 is 0 Å². The molecule has 0 spiro atoms. The van der Waals surface area contributed by atoms with Gasteiger partial charge in [-0.2, -0.15) is 0 Å². The molecule has 2 rings (SSSR count). The predicted octanol–water partition coefficient (Wildman–Crippen LogP) is 1.71. The van der Waals surface area contributed by atoms with Crippen molar-refractivity contribution < 1.29 is 9.53 Å². The van der Waals surface area contributed by atoms with Gasteiger partial charge in [-0.05, 0) is 31.2 Å². The van der Waals surface area contributed by atoms with Crippen molar-refractivity contribution in [1.29, 1.82) is 0 Å². The van der Waals surface area contributed by atoms with E-state index in [4.69, 9.17) is 10.5 Å². The quantitative estimate of drug-likeness (QED) is 0.772. The van der Waals surface area contributed by atoms with E-state index in [1.54, 1.807) is 24.5 Å². The molecule has 0 saturated carbocycles. The summed E-state index contributed by atoms with van der Waals surface area (Å²) in [5.41, 5.74) is 5.28. The number of nitrogens with two attached hydrogens (primary N) is 1. The van der Waals surface area contributed by atoms with Crippen LogP contribution in [0.25, 0.3) is 0 Å². The lowest BCUT2D eigenvalue weighted by Gasteiger charge is -2.40. The molecule has 22 heavy (non-hydrogen) atoms. The number of urea groups is 1. The third-order valence-corrected chi connectivity index (χ3v) is 3.34. The molecule has 0 saturated heterocycles. The zero-order chi connectivity index (χ0) is 16.2. The first-order chi connectivity index (χ1) is 10.4. The fraction of sp³-hybridized carbons (Fsp3) is 0.375. The first kappa shape index (κ1) is 16.0. The van der Waals surface area contributed by atoms with Gasteiger partial charge in [0, 0.05) is 24.1 Å². The summed E-state index contributed by atoms with van der Waals surface area (Å²) in [6.45, 7) is 6.03. The maximum atomic E-state index is 11.2. The maximum Gasteiger partial charge on any atom is 0.316 e. The van der Waals surface area contributed by atoms with Crippen LogP contribution in [-0.2, 0) is 0 Å². The Morgan fingerprint density at radius 1 is 1.41 bits per heavy atom. The van der Waals surface area contributed by atoms with Gasteiger partial charge in [0.2, 0.25) is 0 Å². The molecule has 0 fully saturated rings. The summed E-state index contributed by atoms with van der Waals surface area (Å²) in [6.07, 6.45) is 8.98. The lowest BCUT2D eigenvalue weighted by molar-refractivity contribution is 0.0991. The number of rotatable bonds is 5. The Morgan fingerprint density at radius 3 is 2.68 bits per heavy atom. The van der Waals surface area contributed by atoms with Crippen LogP contribution in [0.3, 0.4) is 0 Å². The van der Waals surface area contributed by atoms with Gasteiger partial charge in [0.1, 0.15) is 11.4 Å². The zero-order valence-corrected chi connectivity index (χ0v) is 13.0. The van der Waals surface area contributed by atoms with Gasteiger partial charge >= 0.3 is 6.03 Å². The van der Waals surface area contributed by atoms with E-state index in [1.807, 2.05) is 39.0 Å². The third kappa shape index (κ3) is 3.85. The fourth-order valence-corrected chi connectivity index (χ4v) is 2.44. The van der Waals surface area contributed by atoms with Gasteiger partial charge in [0.05, 0.1) is 6.04 Å². The molecule has 2 amide bonds. The van der Waals surface area contributed by atoms with Gasteiger partial charge in [-0.3, -0.25) is 4.98 Å². The molecular formula is C16H22N4O2. The molecule has 6 heteroatoms. The minimum absolute atomic E-state index is 0.204. The average molecular weight is 302 g/mol. The molecule has 1 aromatic heterocycles. The first-order valence-corrected chi connectivity index (χ1v) is 7.21. The summed E-state index contributed by atoms with van der Waals surface area (Å²) in [5, 5.41) is 6.09. The number of hydrogen-bond acceptors (Lipinski definition) is 4. The summed E-state index contributed by atoms with van der Waals surface area (Å²) >= 11 is 0. The minimum atomic E-state index is -0.668. The number of carbonyl (C=O) groups is 1. The van der Waals surface area contributed by atoms with Gasteiger partial charge in [0.25, 0.3) is 0 Å². The van der Waals surface area contributed by atoms with Crippen molar-refractivity contribution in [3.05, 3.63) is 48.5 Å². The molecular weight excluding hydrogens is 280 g/mol. The highest BCUT2D eigenvalue weighted by atomic mass is 16.5. The Balaban J connectivity index is 2.29. The lowest BCUT2D eigenvalue weighted by atomic mass is 9.88. The van der Waals surface area contributed by atoms with Crippen molar-refractivity contribution in [2.75, 3.05) is 0 Å². The number of nitrogens with zero attached hydrogens (tertiary/aromatic N) is 1. The highest BCUT2D eigenvalue weighted by Crippen LogP contribution is 2.28. The molecule has 4 N–H and O–H groups in total. The second-order valence-corrected chi connectivity index (χ2v) is 5.69. The number of nitrogens with one attached hydrogen (secondary N) is 2. The molecule has 2 unspecified atom stereocenters. The van der Waals surface area contributed by atoms with Gasteiger partial charge in [-0.1, -0.05) is 19.9 Å². The summed E-state index contributed by atoms with van der Waals surface area (Å²) in [7, 11) is 0. The number of aromatic nitrogens is 1. The molecule has 1 aliphatic rings. The smallest absolute Gasteiger partial charge is 0.316 e. The highest BCUT2D eigenvalue weighted by Gasteiger charge is 2.39. The number of carbonyl (C=O) groups excluding carboxylic acids is 1. The lowest BCUT2D eigenvalue weighted by Crippen LogP contribution is -2.58. The van der Waals surface area contributed by atoms with Crippen molar-refractivity contribution in [3.8, 4) is 5.75 Å². The highest BCUT2D eigenvalue weighted by molar-refractivity contribution is 5.74. The second-order valence-electron chi connectivity index (χ2n) is 5.69. The molecule has 0 radical (unpaired) electrons. The van der Waals surface area contributed by atoms with E-state index in [1.165, 1.54) is 0 Å². The number of pyridine rings is 1. The van der Waals surface area contributed by atoms with Gasteiger partial charge in [-0.15, -0.1) is 0 Å². The third-order valence-electron chi connectivity index (χ3n) is 3.34. The molecule has 2 atom stereocenters. The molecule has 1 aromatic rings. The van der Waals surface area contributed by atoms with E-state index in [0.717, 1.165) is 0 Å². The largest absolute Gasteiger partial charge is 0.481 e. The monoisotopic (exact) mass is 302 g/mol. The van der Waals surface area contributed by atoms with E-state index in [0.29, 0.717) is 11.4 Å². The molecule has 0 bridgehead atoms. The average Bonchev–Trinajstić information content (AvgIpc) is 2.43. The maximum absolute atomic E-state index is 11.2.